The summed E-state index contributed by atoms with van der Waals surface area (Å²) >= 11 is 0. The molecular formula is C22H19FN2O4S. The molecule has 3 rings (SSSR count). The highest BCUT2D eigenvalue weighted by Crippen LogP contribution is 2.19. The number of rotatable bonds is 7. The molecule has 0 saturated carbocycles. The van der Waals surface area contributed by atoms with E-state index in [0.717, 1.165) is 23.4 Å². The number of carbonyl (C=O) groups excluding carboxylic acids is 1. The first-order valence-corrected chi connectivity index (χ1v) is 10.4. The highest BCUT2D eigenvalue weighted by Gasteiger charge is 2.14. The molecule has 0 radical (unpaired) electrons. The molecule has 0 bridgehead atoms. The van der Waals surface area contributed by atoms with Gasteiger partial charge in [-0.1, -0.05) is 12.1 Å². The molecule has 3 aromatic carbocycles. The van der Waals surface area contributed by atoms with Crippen molar-refractivity contribution in [2.75, 3.05) is 17.1 Å². The van der Waals surface area contributed by atoms with E-state index < -0.39 is 15.8 Å². The van der Waals surface area contributed by atoms with Gasteiger partial charge in [-0.25, -0.2) is 12.8 Å². The summed E-state index contributed by atoms with van der Waals surface area (Å²) in [5, 5.41) is 2.66. The van der Waals surface area contributed by atoms with Crippen LogP contribution in [0.1, 0.15) is 5.56 Å². The highest BCUT2D eigenvalue weighted by molar-refractivity contribution is 7.92. The first-order valence-electron chi connectivity index (χ1n) is 8.87. The van der Waals surface area contributed by atoms with Crippen LogP contribution in [-0.4, -0.2) is 21.4 Å². The highest BCUT2D eigenvalue weighted by atomic mass is 32.2. The second-order valence-electron chi connectivity index (χ2n) is 6.23. The van der Waals surface area contributed by atoms with Crippen LogP contribution in [0.5, 0.6) is 5.75 Å². The van der Waals surface area contributed by atoms with Gasteiger partial charge in [0.1, 0.15) is 11.6 Å². The number of hydrogen-bond donors (Lipinski definition) is 2. The third kappa shape index (κ3) is 5.68. The number of sulfonamides is 1. The maximum Gasteiger partial charge on any atom is 0.261 e. The minimum atomic E-state index is -3.83. The third-order valence-electron chi connectivity index (χ3n) is 4.07. The van der Waals surface area contributed by atoms with Gasteiger partial charge < -0.3 is 10.1 Å². The number of hydrogen-bond acceptors (Lipinski definition) is 4. The molecule has 0 aliphatic carbocycles. The predicted molar refractivity (Wildman–Crippen MR) is 114 cm³/mol. The SMILES string of the molecule is COc1ccc(C=CC(=O)Nc2ccc(S(=O)(=O)Nc3ccc(F)cc3)cc2)cc1. The third-order valence-corrected chi connectivity index (χ3v) is 5.47. The van der Waals surface area contributed by atoms with Gasteiger partial charge in [0, 0.05) is 17.5 Å². The quantitative estimate of drug-likeness (QED) is 0.552. The second-order valence-corrected chi connectivity index (χ2v) is 7.91. The first-order chi connectivity index (χ1) is 14.4. The fraction of sp³-hybridized carbons (Fsp3) is 0.0455. The molecule has 0 unspecified atom stereocenters. The second kappa shape index (κ2) is 9.23. The Labute approximate surface area is 174 Å². The van der Waals surface area contributed by atoms with Gasteiger partial charge in [0.05, 0.1) is 12.0 Å². The van der Waals surface area contributed by atoms with Crippen molar-refractivity contribution in [3.8, 4) is 5.75 Å². The van der Waals surface area contributed by atoms with Gasteiger partial charge in [0.15, 0.2) is 0 Å². The summed E-state index contributed by atoms with van der Waals surface area (Å²) < 4.78 is 45.2. The summed E-state index contributed by atoms with van der Waals surface area (Å²) in [5.41, 5.74) is 1.52. The van der Waals surface area contributed by atoms with E-state index in [1.165, 1.54) is 42.5 Å². The fourth-order valence-electron chi connectivity index (χ4n) is 2.52. The average Bonchev–Trinajstić information content (AvgIpc) is 2.74. The zero-order valence-electron chi connectivity index (χ0n) is 16.0. The summed E-state index contributed by atoms with van der Waals surface area (Å²) in [6.07, 6.45) is 3.03. The number of amides is 1. The number of benzene rings is 3. The molecule has 0 spiro atoms. The van der Waals surface area contributed by atoms with E-state index in [1.807, 2.05) is 12.1 Å². The van der Waals surface area contributed by atoms with Crippen molar-refractivity contribution in [1.29, 1.82) is 0 Å². The van der Waals surface area contributed by atoms with Crippen LogP contribution in [0.3, 0.4) is 0 Å². The Morgan fingerprint density at radius 3 is 2.10 bits per heavy atom. The zero-order valence-corrected chi connectivity index (χ0v) is 16.8. The van der Waals surface area contributed by atoms with Crippen LogP contribution >= 0.6 is 0 Å². The molecule has 30 heavy (non-hydrogen) atoms. The molecule has 0 aliphatic heterocycles. The summed E-state index contributed by atoms with van der Waals surface area (Å²) in [5.74, 6) is -0.0921. The largest absolute Gasteiger partial charge is 0.497 e. The Morgan fingerprint density at radius 1 is 0.900 bits per heavy atom. The number of carbonyl (C=O) groups is 1. The molecule has 6 nitrogen and oxygen atoms in total. The number of nitrogens with one attached hydrogen (secondary N) is 2. The lowest BCUT2D eigenvalue weighted by Crippen LogP contribution is -2.13. The Morgan fingerprint density at radius 2 is 1.50 bits per heavy atom. The maximum absolute atomic E-state index is 13.0. The van der Waals surface area contributed by atoms with Crippen molar-refractivity contribution in [1.82, 2.24) is 0 Å². The van der Waals surface area contributed by atoms with E-state index in [2.05, 4.69) is 10.0 Å². The molecule has 8 heteroatoms. The van der Waals surface area contributed by atoms with Gasteiger partial charge in [-0.2, -0.15) is 0 Å². The molecular weight excluding hydrogens is 407 g/mol. The van der Waals surface area contributed by atoms with Crippen molar-refractivity contribution in [3.63, 3.8) is 0 Å². The number of halogens is 1. The average molecular weight is 426 g/mol. The lowest BCUT2D eigenvalue weighted by atomic mass is 10.2. The Bertz CT molecular complexity index is 1140. The van der Waals surface area contributed by atoms with Crippen LogP contribution < -0.4 is 14.8 Å². The lowest BCUT2D eigenvalue weighted by molar-refractivity contribution is -0.111. The van der Waals surface area contributed by atoms with E-state index >= 15 is 0 Å². The van der Waals surface area contributed by atoms with Gasteiger partial charge in [0.25, 0.3) is 10.0 Å². The molecule has 0 aromatic heterocycles. The van der Waals surface area contributed by atoms with Gasteiger partial charge in [-0.05, 0) is 72.3 Å². The normalized spacial score (nSPS) is 11.3. The summed E-state index contributed by atoms with van der Waals surface area (Å²) in [4.78, 5) is 12.1. The Hall–Kier alpha value is -3.65. The number of anilines is 2. The van der Waals surface area contributed by atoms with Crippen LogP contribution in [0.4, 0.5) is 15.8 Å². The van der Waals surface area contributed by atoms with Crippen molar-refractivity contribution >= 4 is 33.4 Å². The zero-order chi connectivity index (χ0) is 21.6. The van der Waals surface area contributed by atoms with Crippen molar-refractivity contribution < 1.29 is 22.3 Å². The van der Waals surface area contributed by atoms with Crippen molar-refractivity contribution in [2.45, 2.75) is 4.90 Å². The van der Waals surface area contributed by atoms with E-state index in [1.54, 1.807) is 25.3 Å². The summed E-state index contributed by atoms with van der Waals surface area (Å²) in [6.45, 7) is 0. The molecule has 3 aromatic rings. The van der Waals surface area contributed by atoms with E-state index in [0.29, 0.717) is 5.69 Å². The monoisotopic (exact) mass is 426 g/mol. The van der Waals surface area contributed by atoms with Crippen LogP contribution in [0.2, 0.25) is 0 Å². The molecule has 0 atom stereocenters. The van der Waals surface area contributed by atoms with Gasteiger partial charge in [-0.3, -0.25) is 9.52 Å². The smallest absolute Gasteiger partial charge is 0.261 e. The van der Waals surface area contributed by atoms with Crippen LogP contribution in [0.15, 0.2) is 83.8 Å². The molecule has 2 N–H and O–H groups in total. The van der Waals surface area contributed by atoms with Crippen LogP contribution in [0.25, 0.3) is 6.08 Å². The van der Waals surface area contributed by atoms with Crippen LogP contribution in [0, 0.1) is 5.82 Å². The van der Waals surface area contributed by atoms with Gasteiger partial charge in [0.2, 0.25) is 5.91 Å². The Balaban J connectivity index is 1.62. The topological polar surface area (TPSA) is 84.5 Å². The van der Waals surface area contributed by atoms with E-state index in [4.69, 9.17) is 4.74 Å². The van der Waals surface area contributed by atoms with Crippen molar-refractivity contribution in [2.24, 2.45) is 0 Å². The summed E-state index contributed by atoms with van der Waals surface area (Å²) in [7, 11) is -2.26. The van der Waals surface area contributed by atoms with E-state index in [-0.39, 0.29) is 16.5 Å². The van der Waals surface area contributed by atoms with Gasteiger partial charge >= 0.3 is 0 Å². The molecule has 0 saturated heterocycles. The van der Waals surface area contributed by atoms with Gasteiger partial charge in [-0.15, -0.1) is 0 Å². The van der Waals surface area contributed by atoms with Crippen molar-refractivity contribution in [3.05, 3.63) is 90.3 Å². The molecule has 0 heterocycles. The lowest BCUT2D eigenvalue weighted by Gasteiger charge is -2.09. The number of ether oxygens (including phenoxy) is 1. The standard InChI is InChI=1S/C22H19FN2O4S/c1-29-20-11-2-16(3-12-20)4-15-22(26)24-18-9-13-21(14-10-18)30(27,28)25-19-7-5-17(23)6-8-19/h2-15,25H,1H3,(H,24,26). The fourth-order valence-corrected chi connectivity index (χ4v) is 3.58. The first kappa shape index (κ1) is 21.1. The predicted octanol–water partition coefficient (Wildman–Crippen LogP) is 4.29. The molecule has 0 aliphatic rings. The minimum absolute atomic E-state index is 0.0126. The molecule has 154 valence electrons. The molecule has 0 fully saturated rings. The number of methoxy groups -OCH3 is 1. The van der Waals surface area contributed by atoms with E-state index in [9.17, 15) is 17.6 Å². The summed E-state index contributed by atoms with van der Waals surface area (Å²) in [6, 6.07) is 17.9. The van der Waals surface area contributed by atoms with Crippen LogP contribution in [-0.2, 0) is 14.8 Å². The maximum atomic E-state index is 13.0. The minimum Gasteiger partial charge on any atom is -0.497 e. The molecule has 1 amide bonds. The Kier molecular flexibility index (Phi) is 6.48.